The van der Waals surface area contributed by atoms with Gasteiger partial charge in [-0.05, 0) is 12.8 Å². The van der Waals surface area contributed by atoms with E-state index in [1.54, 1.807) is 7.11 Å². The first kappa shape index (κ1) is 12.9. The van der Waals surface area contributed by atoms with Crippen molar-refractivity contribution in [2.75, 3.05) is 7.11 Å². The van der Waals surface area contributed by atoms with Crippen molar-refractivity contribution in [2.45, 2.75) is 40.5 Å². The highest BCUT2D eigenvalue weighted by Crippen LogP contribution is 2.25. The molecule has 0 N–H and O–H groups in total. The van der Waals surface area contributed by atoms with Crippen molar-refractivity contribution in [3.8, 4) is 5.88 Å². The number of aromatic nitrogens is 2. The molecule has 0 amide bonds. The van der Waals surface area contributed by atoms with Gasteiger partial charge in [0.25, 0.3) is 0 Å². The van der Waals surface area contributed by atoms with E-state index < -0.39 is 0 Å². The van der Waals surface area contributed by atoms with Crippen LogP contribution < -0.4 is 4.74 Å². The Labute approximate surface area is 86.5 Å². The molecule has 0 fully saturated rings. The van der Waals surface area contributed by atoms with E-state index in [9.17, 15) is 0 Å². The third kappa shape index (κ3) is 2.98. The van der Waals surface area contributed by atoms with Crippen LogP contribution in [0.15, 0.2) is 6.33 Å². The molecule has 0 atom stereocenters. The van der Waals surface area contributed by atoms with Gasteiger partial charge in [-0.3, -0.25) is 0 Å². The molecule has 0 saturated heterocycles. The number of rotatable bonds is 2. The van der Waals surface area contributed by atoms with E-state index in [0.29, 0.717) is 11.8 Å². The molecule has 1 heterocycles. The van der Waals surface area contributed by atoms with E-state index in [4.69, 9.17) is 4.74 Å². The van der Waals surface area contributed by atoms with Crippen LogP contribution in [0.1, 0.15) is 44.9 Å². The van der Waals surface area contributed by atoms with E-state index in [1.165, 1.54) is 6.33 Å². The van der Waals surface area contributed by atoms with Gasteiger partial charge in [-0.15, -0.1) is 0 Å². The predicted octanol–water partition coefficient (Wildman–Crippen LogP) is 2.94. The molecule has 1 rings (SSSR count). The molecule has 0 saturated carbocycles. The lowest BCUT2D eigenvalue weighted by Gasteiger charge is -2.11. The first-order chi connectivity index (χ1) is 6.66. The normalized spacial score (nSPS) is 9.36. The van der Waals surface area contributed by atoms with Gasteiger partial charge in [0.1, 0.15) is 6.33 Å². The summed E-state index contributed by atoms with van der Waals surface area (Å²) < 4.78 is 5.14. The summed E-state index contributed by atoms with van der Waals surface area (Å²) in [5.41, 5.74) is 2.09. The molecule has 3 heteroatoms. The van der Waals surface area contributed by atoms with Crippen LogP contribution in [-0.4, -0.2) is 17.1 Å². The molecule has 0 aliphatic rings. The first-order valence-electron chi connectivity index (χ1n) is 5.02. The molecule has 0 bridgehead atoms. The van der Waals surface area contributed by atoms with Crippen LogP contribution in [0.25, 0.3) is 0 Å². The molecular formula is C11H20N2O. The number of hydrogen-bond acceptors (Lipinski definition) is 3. The number of ether oxygens (including phenoxy) is 1. The summed E-state index contributed by atoms with van der Waals surface area (Å²) in [5, 5.41) is 0. The monoisotopic (exact) mass is 196 g/mol. The van der Waals surface area contributed by atoms with Gasteiger partial charge in [-0.25, -0.2) is 9.97 Å². The third-order valence-electron chi connectivity index (χ3n) is 1.82. The van der Waals surface area contributed by atoms with Gasteiger partial charge in [0, 0.05) is 11.3 Å². The SMILES string of the molecule is CC.COc1ncnc(C)c1C(C)C. The summed E-state index contributed by atoms with van der Waals surface area (Å²) >= 11 is 0. The van der Waals surface area contributed by atoms with Crippen molar-refractivity contribution in [1.82, 2.24) is 9.97 Å². The van der Waals surface area contributed by atoms with Crippen LogP contribution >= 0.6 is 0 Å². The molecule has 0 spiro atoms. The molecule has 80 valence electrons. The van der Waals surface area contributed by atoms with Crippen LogP contribution in [0.5, 0.6) is 5.88 Å². The van der Waals surface area contributed by atoms with Crippen molar-refractivity contribution < 1.29 is 4.74 Å². The van der Waals surface area contributed by atoms with Crippen LogP contribution in [-0.2, 0) is 0 Å². The molecule has 1 aromatic rings. The van der Waals surface area contributed by atoms with Crippen LogP contribution in [0, 0.1) is 6.92 Å². The zero-order chi connectivity index (χ0) is 11.1. The predicted molar refractivity (Wildman–Crippen MR) is 58.8 cm³/mol. The maximum Gasteiger partial charge on any atom is 0.219 e. The maximum absolute atomic E-state index is 5.14. The second-order valence-corrected chi connectivity index (χ2v) is 3.04. The minimum Gasteiger partial charge on any atom is -0.481 e. The Morgan fingerprint density at radius 3 is 2.14 bits per heavy atom. The van der Waals surface area contributed by atoms with Crippen molar-refractivity contribution in [3.63, 3.8) is 0 Å². The Morgan fingerprint density at radius 2 is 1.79 bits per heavy atom. The molecule has 14 heavy (non-hydrogen) atoms. The summed E-state index contributed by atoms with van der Waals surface area (Å²) in [6.45, 7) is 10.2. The molecule has 0 radical (unpaired) electrons. The van der Waals surface area contributed by atoms with Crippen molar-refractivity contribution in [1.29, 1.82) is 0 Å². The Kier molecular flexibility index (Phi) is 5.84. The zero-order valence-corrected chi connectivity index (χ0v) is 9.96. The molecule has 0 aromatic carbocycles. The average Bonchev–Trinajstić information content (AvgIpc) is 2.19. The average molecular weight is 196 g/mol. The van der Waals surface area contributed by atoms with E-state index in [2.05, 4.69) is 23.8 Å². The van der Waals surface area contributed by atoms with Gasteiger partial charge < -0.3 is 4.74 Å². The molecular weight excluding hydrogens is 176 g/mol. The number of methoxy groups -OCH3 is 1. The fourth-order valence-corrected chi connectivity index (χ4v) is 1.29. The molecule has 0 aliphatic heterocycles. The first-order valence-corrected chi connectivity index (χ1v) is 5.02. The minimum absolute atomic E-state index is 0.404. The van der Waals surface area contributed by atoms with E-state index in [-0.39, 0.29) is 0 Å². The van der Waals surface area contributed by atoms with E-state index >= 15 is 0 Å². The highest BCUT2D eigenvalue weighted by atomic mass is 16.5. The van der Waals surface area contributed by atoms with Gasteiger partial charge >= 0.3 is 0 Å². The second kappa shape index (κ2) is 6.35. The van der Waals surface area contributed by atoms with Gasteiger partial charge in [0.2, 0.25) is 5.88 Å². The summed E-state index contributed by atoms with van der Waals surface area (Å²) in [6, 6.07) is 0. The summed E-state index contributed by atoms with van der Waals surface area (Å²) in [6.07, 6.45) is 1.53. The Bertz CT molecular complexity index is 272. The number of nitrogens with zero attached hydrogens (tertiary/aromatic N) is 2. The standard InChI is InChI=1S/C9H14N2O.C2H6/c1-6(2)8-7(3)10-5-11-9(8)12-4;1-2/h5-6H,1-4H3;1-2H3. The summed E-state index contributed by atoms with van der Waals surface area (Å²) in [5.74, 6) is 1.10. The summed E-state index contributed by atoms with van der Waals surface area (Å²) in [7, 11) is 1.63. The third-order valence-corrected chi connectivity index (χ3v) is 1.82. The van der Waals surface area contributed by atoms with E-state index in [0.717, 1.165) is 11.3 Å². The molecule has 1 aromatic heterocycles. The fourth-order valence-electron chi connectivity index (χ4n) is 1.29. The lowest BCUT2D eigenvalue weighted by molar-refractivity contribution is 0.388. The van der Waals surface area contributed by atoms with Crippen molar-refractivity contribution in [2.24, 2.45) is 0 Å². The number of aryl methyl sites for hydroxylation is 1. The summed E-state index contributed by atoms with van der Waals surface area (Å²) in [4.78, 5) is 8.16. The second-order valence-electron chi connectivity index (χ2n) is 3.04. The van der Waals surface area contributed by atoms with E-state index in [1.807, 2.05) is 20.8 Å². The van der Waals surface area contributed by atoms with Crippen LogP contribution in [0.4, 0.5) is 0 Å². The fraction of sp³-hybridized carbons (Fsp3) is 0.636. The molecule has 3 nitrogen and oxygen atoms in total. The lowest BCUT2D eigenvalue weighted by atomic mass is 10.0. The lowest BCUT2D eigenvalue weighted by Crippen LogP contribution is -2.01. The molecule has 0 unspecified atom stereocenters. The van der Waals surface area contributed by atoms with Crippen LogP contribution in [0.2, 0.25) is 0 Å². The van der Waals surface area contributed by atoms with Crippen LogP contribution in [0.3, 0.4) is 0 Å². The van der Waals surface area contributed by atoms with Gasteiger partial charge in [-0.2, -0.15) is 0 Å². The Hall–Kier alpha value is -1.12. The minimum atomic E-state index is 0.404. The maximum atomic E-state index is 5.14. The Morgan fingerprint density at radius 1 is 1.21 bits per heavy atom. The highest BCUT2D eigenvalue weighted by Gasteiger charge is 2.11. The van der Waals surface area contributed by atoms with Gasteiger partial charge in [0.15, 0.2) is 0 Å². The topological polar surface area (TPSA) is 35.0 Å². The smallest absolute Gasteiger partial charge is 0.219 e. The van der Waals surface area contributed by atoms with Crippen molar-refractivity contribution >= 4 is 0 Å². The largest absolute Gasteiger partial charge is 0.481 e. The van der Waals surface area contributed by atoms with Crippen molar-refractivity contribution in [3.05, 3.63) is 17.6 Å². The molecule has 0 aliphatic carbocycles. The zero-order valence-electron chi connectivity index (χ0n) is 9.96. The number of hydrogen-bond donors (Lipinski definition) is 0. The van der Waals surface area contributed by atoms with Gasteiger partial charge in [0.05, 0.1) is 7.11 Å². The Balaban J connectivity index is 0.000000791. The quantitative estimate of drug-likeness (QED) is 0.729. The van der Waals surface area contributed by atoms with Gasteiger partial charge in [-0.1, -0.05) is 27.7 Å². The highest BCUT2D eigenvalue weighted by molar-refractivity contribution is 5.31.